The Morgan fingerprint density at radius 2 is 2.00 bits per heavy atom. The van der Waals surface area contributed by atoms with Crippen molar-refractivity contribution in [3.05, 3.63) is 12.7 Å². The van der Waals surface area contributed by atoms with Crippen LogP contribution in [-0.2, 0) is 14.0 Å². The fraction of sp³-hybridized carbons (Fsp3) is 0.727. The van der Waals surface area contributed by atoms with E-state index in [1.165, 1.54) is 6.08 Å². The summed E-state index contributed by atoms with van der Waals surface area (Å²) in [6.45, 7) is 13.5. The third-order valence-electron chi connectivity index (χ3n) is 2.11. The third kappa shape index (κ3) is 5.13. The van der Waals surface area contributed by atoms with Crippen LogP contribution < -0.4 is 0 Å². The number of rotatable bonds is 6. The van der Waals surface area contributed by atoms with Gasteiger partial charge in [-0.15, -0.1) is 0 Å². The van der Waals surface area contributed by atoms with E-state index in [1.54, 1.807) is 0 Å². The lowest BCUT2D eigenvalue weighted by atomic mass is 10.5. The molecular weight excluding hydrogens is 208 g/mol. The van der Waals surface area contributed by atoms with Gasteiger partial charge in [-0.1, -0.05) is 13.5 Å². The molecule has 0 rings (SSSR count). The fourth-order valence-electron chi connectivity index (χ4n) is 1.59. The largest absolute Gasteiger partial charge is 0.460 e. The number of hydrogen-bond donors (Lipinski definition) is 0. The molecule has 0 aliphatic rings. The highest BCUT2D eigenvalue weighted by atomic mass is 28.4. The molecule has 1 unspecified atom stereocenters. The molecule has 0 aromatic rings. The molecule has 0 fully saturated rings. The number of carbonyl (C=O) groups is 1. The minimum Gasteiger partial charge on any atom is -0.460 e. The average Bonchev–Trinajstić information content (AvgIpc) is 2.11. The SMILES string of the molecule is C=CC(=O)OC(CC)[Si](C)(C)OC(C)C. The first-order valence-electron chi connectivity index (χ1n) is 5.34. The van der Waals surface area contributed by atoms with E-state index in [2.05, 4.69) is 19.7 Å². The zero-order valence-electron chi connectivity index (χ0n) is 10.4. The lowest BCUT2D eigenvalue weighted by Gasteiger charge is -2.32. The summed E-state index contributed by atoms with van der Waals surface area (Å²) in [6, 6.07) is 0. The molecule has 0 radical (unpaired) electrons. The molecule has 88 valence electrons. The van der Waals surface area contributed by atoms with Crippen molar-refractivity contribution in [3.8, 4) is 0 Å². The molecule has 0 spiro atoms. The Labute approximate surface area is 93.6 Å². The normalized spacial score (nSPS) is 13.7. The molecule has 0 saturated heterocycles. The first kappa shape index (κ1) is 14.4. The molecule has 0 amide bonds. The molecule has 4 heteroatoms. The summed E-state index contributed by atoms with van der Waals surface area (Å²) < 4.78 is 11.2. The molecule has 0 heterocycles. The Morgan fingerprint density at radius 1 is 1.47 bits per heavy atom. The Kier molecular flexibility index (Phi) is 5.83. The topological polar surface area (TPSA) is 35.5 Å². The van der Waals surface area contributed by atoms with Gasteiger partial charge in [0.25, 0.3) is 0 Å². The summed E-state index contributed by atoms with van der Waals surface area (Å²) >= 11 is 0. The summed E-state index contributed by atoms with van der Waals surface area (Å²) in [7, 11) is -1.97. The number of ether oxygens (including phenoxy) is 1. The van der Waals surface area contributed by atoms with Crippen LogP contribution >= 0.6 is 0 Å². The van der Waals surface area contributed by atoms with Crippen LogP contribution in [0, 0.1) is 0 Å². The second-order valence-electron chi connectivity index (χ2n) is 4.31. The molecule has 0 aromatic heterocycles. The monoisotopic (exact) mass is 230 g/mol. The summed E-state index contributed by atoms with van der Waals surface area (Å²) in [5, 5.41) is 0. The van der Waals surface area contributed by atoms with Crippen LogP contribution in [0.4, 0.5) is 0 Å². The first-order valence-corrected chi connectivity index (χ1v) is 8.33. The third-order valence-corrected chi connectivity index (χ3v) is 5.27. The van der Waals surface area contributed by atoms with Crippen molar-refractivity contribution in [2.75, 3.05) is 0 Å². The van der Waals surface area contributed by atoms with E-state index in [4.69, 9.17) is 9.16 Å². The molecule has 0 aliphatic carbocycles. The molecule has 0 N–H and O–H groups in total. The quantitative estimate of drug-likeness (QED) is 0.400. The van der Waals surface area contributed by atoms with Crippen molar-refractivity contribution >= 4 is 14.3 Å². The minimum absolute atomic E-state index is 0.106. The Bertz CT molecular complexity index is 224. The van der Waals surface area contributed by atoms with Crippen LogP contribution in [0.25, 0.3) is 0 Å². The molecule has 0 aliphatic heterocycles. The lowest BCUT2D eigenvalue weighted by molar-refractivity contribution is -0.140. The predicted molar refractivity (Wildman–Crippen MR) is 64.1 cm³/mol. The average molecular weight is 230 g/mol. The van der Waals surface area contributed by atoms with Crippen molar-refractivity contribution in [3.63, 3.8) is 0 Å². The number of esters is 1. The van der Waals surface area contributed by atoms with Gasteiger partial charge >= 0.3 is 5.97 Å². The predicted octanol–water partition coefficient (Wildman–Crippen LogP) is 2.66. The van der Waals surface area contributed by atoms with E-state index in [1.807, 2.05) is 20.8 Å². The maximum absolute atomic E-state index is 11.1. The fourth-order valence-corrected chi connectivity index (χ4v) is 4.34. The van der Waals surface area contributed by atoms with Gasteiger partial charge in [0.2, 0.25) is 8.32 Å². The van der Waals surface area contributed by atoms with Gasteiger partial charge in [0.1, 0.15) is 5.73 Å². The van der Waals surface area contributed by atoms with Crippen molar-refractivity contribution in [2.24, 2.45) is 0 Å². The van der Waals surface area contributed by atoms with Crippen molar-refractivity contribution in [1.82, 2.24) is 0 Å². The summed E-state index contributed by atoms with van der Waals surface area (Å²) in [6.07, 6.45) is 2.15. The minimum atomic E-state index is -1.97. The highest BCUT2D eigenvalue weighted by Crippen LogP contribution is 2.19. The van der Waals surface area contributed by atoms with Crippen LogP contribution in [-0.4, -0.2) is 26.1 Å². The standard InChI is InChI=1S/C11H22O3Si/c1-7-10(12)13-11(8-2)15(5,6)14-9(3)4/h7,9,11H,1,8H2,2-6H3. The summed E-state index contributed by atoms with van der Waals surface area (Å²) in [5.74, 6) is -0.366. The second kappa shape index (κ2) is 6.08. The lowest BCUT2D eigenvalue weighted by Crippen LogP contribution is -2.48. The van der Waals surface area contributed by atoms with E-state index >= 15 is 0 Å². The summed E-state index contributed by atoms with van der Waals surface area (Å²) in [5.41, 5.74) is -0.106. The van der Waals surface area contributed by atoms with Gasteiger partial charge in [-0.3, -0.25) is 0 Å². The van der Waals surface area contributed by atoms with E-state index in [9.17, 15) is 4.79 Å². The number of carbonyl (C=O) groups excluding carboxylic acids is 1. The van der Waals surface area contributed by atoms with Crippen LogP contribution in [0.2, 0.25) is 13.1 Å². The van der Waals surface area contributed by atoms with Crippen molar-refractivity contribution in [1.29, 1.82) is 0 Å². The number of hydrogen-bond acceptors (Lipinski definition) is 3. The molecule has 3 nitrogen and oxygen atoms in total. The second-order valence-corrected chi connectivity index (χ2v) is 8.39. The van der Waals surface area contributed by atoms with Crippen LogP contribution in [0.1, 0.15) is 27.2 Å². The molecule has 15 heavy (non-hydrogen) atoms. The molecule has 0 aromatic carbocycles. The van der Waals surface area contributed by atoms with Gasteiger partial charge in [0.05, 0.1) is 0 Å². The van der Waals surface area contributed by atoms with E-state index < -0.39 is 8.32 Å². The van der Waals surface area contributed by atoms with Gasteiger partial charge in [-0.05, 0) is 33.4 Å². The van der Waals surface area contributed by atoms with Gasteiger partial charge in [0, 0.05) is 12.2 Å². The Morgan fingerprint density at radius 3 is 2.33 bits per heavy atom. The van der Waals surface area contributed by atoms with Gasteiger partial charge in [0.15, 0.2) is 0 Å². The molecular formula is C11H22O3Si. The van der Waals surface area contributed by atoms with Crippen molar-refractivity contribution < 1.29 is 14.0 Å². The van der Waals surface area contributed by atoms with Crippen LogP contribution in [0.3, 0.4) is 0 Å². The van der Waals surface area contributed by atoms with Gasteiger partial charge in [-0.25, -0.2) is 4.79 Å². The highest BCUT2D eigenvalue weighted by molar-refractivity contribution is 6.72. The zero-order valence-corrected chi connectivity index (χ0v) is 11.4. The van der Waals surface area contributed by atoms with Crippen LogP contribution in [0.5, 0.6) is 0 Å². The zero-order chi connectivity index (χ0) is 12.1. The highest BCUT2D eigenvalue weighted by Gasteiger charge is 2.36. The summed E-state index contributed by atoms with van der Waals surface area (Å²) in [4.78, 5) is 11.1. The van der Waals surface area contributed by atoms with Crippen LogP contribution in [0.15, 0.2) is 12.7 Å². The van der Waals surface area contributed by atoms with E-state index in [0.717, 1.165) is 6.42 Å². The van der Waals surface area contributed by atoms with Gasteiger partial charge < -0.3 is 9.16 Å². The van der Waals surface area contributed by atoms with E-state index in [0.29, 0.717) is 0 Å². The Hall–Kier alpha value is -0.613. The molecule has 0 bridgehead atoms. The maximum atomic E-state index is 11.1. The molecule has 0 saturated carbocycles. The molecule has 1 atom stereocenters. The maximum Gasteiger partial charge on any atom is 0.330 e. The Balaban J connectivity index is 4.49. The van der Waals surface area contributed by atoms with Crippen molar-refractivity contribution in [2.45, 2.75) is 52.1 Å². The van der Waals surface area contributed by atoms with E-state index in [-0.39, 0.29) is 17.8 Å². The first-order chi connectivity index (χ1) is 6.83. The smallest absolute Gasteiger partial charge is 0.330 e. The van der Waals surface area contributed by atoms with Gasteiger partial charge in [-0.2, -0.15) is 0 Å².